The van der Waals surface area contributed by atoms with Gasteiger partial charge in [-0.05, 0) is 11.6 Å². The molecule has 62 valence electrons. The highest BCUT2D eigenvalue weighted by molar-refractivity contribution is 9.10. The van der Waals surface area contributed by atoms with Gasteiger partial charge in [0.25, 0.3) is 0 Å². The molecule has 0 aliphatic rings. The van der Waals surface area contributed by atoms with Crippen molar-refractivity contribution in [2.24, 2.45) is 0 Å². The first-order valence-corrected chi connectivity index (χ1v) is 4.34. The van der Waals surface area contributed by atoms with Crippen molar-refractivity contribution in [3.05, 3.63) is 34.3 Å². The van der Waals surface area contributed by atoms with Gasteiger partial charge < -0.3 is 5.11 Å². The predicted molar refractivity (Wildman–Crippen MR) is 49.5 cm³/mol. The molecule has 12 heavy (non-hydrogen) atoms. The maximum absolute atomic E-state index is 9.05. The summed E-state index contributed by atoms with van der Waals surface area (Å²) in [6.07, 6.45) is -0.540. The van der Waals surface area contributed by atoms with Gasteiger partial charge in [-0.25, -0.2) is 0 Å². The van der Waals surface area contributed by atoms with Crippen molar-refractivity contribution in [3.63, 3.8) is 0 Å². The molecule has 1 aromatic carbocycles. The Morgan fingerprint density at radius 3 is 2.75 bits per heavy atom. The van der Waals surface area contributed by atoms with Crippen LogP contribution in [-0.4, -0.2) is 11.2 Å². The maximum Gasteiger partial charge on any atom is 0.144 e. The van der Waals surface area contributed by atoms with Crippen molar-refractivity contribution < 1.29 is 5.11 Å². The average molecular weight is 226 g/mol. The molecule has 0 amide bonds. The zero-order valence-electron chi connectivity index (χ0n) is 6.37. The van der Waals surface area contributed by atoms with Gasteiger partial charge >= 0.3 is 0 Å². The van der Waals surface area contributed by atoms with Crippen LogP contribution in [0.5, 0.6) is 0 Å². The lowest BCUT2D eigenvalue weighted by molar-refractivity contribution is 0.230. The van der Waals surface area contributed by atoms with E-state index >= 15 is 0 Å². The first-order valence-electron chi connectivity index (χ1n) is 3.55. The fraction of sp³-hybridized carbons (Fsp3) is 0.222. The largest absolute Gasteiger partial charge is 0.378 e. The zero-order chi connectivity index (χ0) is 8.97. The second-order valence-electron chi connectivity index (χ2n) is 2.44. The third-order valence-corrected chi connectivity index (χ3v) is 2.29. The number of benzene rings is 1. The Morgan fingerprint density at radius 2 is 2.17 bits per heavy atom. The Hall–Kier alpha value is -0.850. The lowest BCUT2D eigenvalue weighted by atomic mass is 10.1. The molecular weight excluding hydrogens is 218 g/mol. The summed E-state index contributed by atoms with van der Waals surface area (Å²) in [5.41, 5.74) is 0.951. The number of aliphatic hydroxyl groups excluding tert-OH is 1. The molecule has 0 saturated carbocycles. The fourth-order valence-corrected chi connectivity index (χ4v) is 1.36. The molecule has 0 aromatic heterocycles. The molecule has 0 fully saturated rings. The molecule has 2 nitrogen and oxygen atoms in total. The van der Waals surface area contributed by atoms with Gasteiger partial charge in [0.05, 0.1) is 6.07 Å². The van der Waals surface area contributed by atoms with E-state index < -0.39 is 6.10 Å². The van der Waals surface area contributed by atoms with E-state index in [4.69, 9.17) is 10.4 Å². The Morgan fingerprint density at radius 1 is 1.50 bits per heavy atom. The van der Waals surface area contributed by atoms with Crippen molar-refractivity contribution in [2.45, 2.75) is 12.5 Å². The van der Waals surface area contributed by atoms with E-state index in [1.807, 2.05) is 24.3 Å². The highest BCUT2D eigenvalue weighted by atomic mass is 79.9. The average Bonchev–Trinajstić information content (AvgIpc) is 2.09. The quantitative estimate of drug-likeness (QED) is 0.782. The molecule has 0 spiro atoms. The van der Waals surface area contributed by atoms with E-state index in [1.165, 1.54) is 0 Å². The molecule has 1 rings (SSSR count). The lowest BCUT2D eigenvalue weighted by Crippen LogP contribution is -2.06. The van der Waals surface area contributed by atoms with Gasteiger partial charge in [0.15, 0.2) is 0 Å². The minimum absolute atomic E-state index is 0.373. The molecule has 0 saturated heterocycles. The minimum Gasteiger partial charge on any atom is -0.378 e. The Labute approximate surface area is 79.6 Å². The summed E-state index contributed by atoms with van der Waals surface area (Å²) in [4.78, 5) is 0. The van der Waals surface area contributed by atoms with E-state index in [0.29, 0.717) is 6.42 Å². The van der Waals surface area contributed by atoms with Gasteiger partial charge in [0, 0.05) is 10.9 Å². The van der Waals surface area contributed by atoms with Gasteiger partial charge in [-0.3, -0.25) is 0 Å². The molecule has 0 aliphatic carbocycles. The standard InChI is InChI=1S/C9H8BrNO/c10-9-4-2-1-3-7(9)5-8(12)6-11/h1-4,8,12H,5H2. The number of nitrogens with zero attached hydrogens (tertiary/aromatic N) is 1. The molecule has 1 aromatic rings. The van der Waals surface area contributed by atoms with Crippen molar-refractivity contribution in [1.29, 1.82) is 5.26 Å². The van der Waals surface area contributed by atoms with Crippen LogP contribution in [-0.2, 0) is 6.42 Å². The summed E-state index contributed by atoms with van der Waals surface area (Å²) >= 11 is 3.33. The Bertz CT molecular complexity index is 306. The second-order valence-corrected chi connectivity index (χ2v) is 3.29. The van der Waals surface area contributed by atoms with Crippen LogP contribution in [0.15, 0.2) is 28.7 Å². The summed E-state index contributed by atoms with van der Waals surface area (Å²) in [5, 5.41) is 17.4. The first-order chi connectivity index (χ1) is 5.74. The van der Waals surface area contributed by atoms with Crippen molar-refractivity contribution >= 4 is 15.9 Å². The number of hydrogen-bond donors (Lipinski definition) is 1. The monoisotopic (exact) mass is 225 g/mol. The van der Waals surface area contributed by atoms with Crippen LogP contribution in [0, 0.1) is 11.3 Å². The van der Waals surface area contributed by atoms with Crippen LogP contribution in [0.25, 0.3) is 0 Å². The van der Waals surface area contributed by atoms with Gasteiger partial charge in [-0.1, -0.05) is 34.1 Å². The molecule has 1 N–H and O–H groups in total. The number of halogens is 1. The predicted octanol–water partition coefficient (Wildman–Crippen LogP) is 1.88. The van der Waals surface area contributed by atoms with Crippen molar-refractivity contribution in [3.8, 4) is 6.07 Å². The highest BCUT2D eigenvalue weighted by Crippen LogP contribution is 2.17. The van der Waals surface area contributed by atoms with E-state index in [1.54, 1.807) is 6.07 Å². The van der Waals surface area contributed by atoms with E-state index in [-0.39, 0.29) is 0 Å². The van der Waals surface area contributed by atoms with Crippen molar-refractivity contribution in [1.82, 2.24) is 0 Å². The van der Waals surface area contributed by atoms with Gasteiger partial charge in [-0.15, -0.1) is 0 Å². The lowest BCUT2D eigenvalue weighted by Gasteiger charge is -2.03. The van der Waals surface area contributed by atoms with Crippen LogP contribution in [0.4, 0.5) is 0 Å². The SMILES string of the molecule is N#CC(O)Cc1ccccc1Br. The number of hydrogen-bond acceptors (Lipinski definition) is 2. The molecule has 3 heteroatoms. The van der Waals surface area contributed by atoms with Crippen LogP contribution in [0.2, 0.25) is 0 Å². The second kappa shape index (κ2) is 4.24. The van der Waals surface area contributed by atoms with E-state index in [0.717, 1.165) is 10.0 Å². The normalized spacial score (nSPS) is 12.1. The topological polar surface area (TPSA) is 44.0 Å². The zero-order valence-corrected chi connectivity index (χ0v) is 7.95. The molecule has 0 bridgehead atoms. The van der Waals surface area contributed by atoms with Gasteiger partial charge in [0.1, 0.15) is 6.10 Å². The molecule has 1 atom stereocenters. The summed E-state index contributed by atoms with van der Waals surface area (Å²) in [6.45, 7) is 0. The van der Waals surface area contributed by atoms with Gasteiger partial charge in [0.2, 0.25) is 0 Å². The molecular formula is C9H8BrNO. The summed E-state index contributed by atoms with van der Waals surface area (Å²) in [5.74, 6) is 0. The minimum atomic E-state index is -0.913. The number of aliphatic hydroxyl groups is 1. The third-order valence-electron chi connectivity index (χ3n) is 1.52. The van der Waals surface area contributed by atoms with E-state index in [9.17, 15) is 0 Å². The first kappa shape index (κ1) is 9.24. The van der Waals surface area contributed by atoms with Crippen molar-refractivity contribution in [2.75, 3.05) is 0 Å². The summed E-state index contributed by atoms with van der Waals surface area (Å²) in [7, 11) is 0. The highest BCUT2D eigenvalue weighted by Gasteiger charge is 2.05. The third kappa shape index (κ3) is 2.33. The molecule has 0 radical (unpaired) electrons. The molecule has 0 heterocycles. The Balaban J connectivity index is 2.77. The fourth-order valence-electron chi connectivity index (χ4n) is 0.918. The number of nitriles is 1. The van der Waals surface area contributed by atoms with Gasteiger partial charge in [-0.2, -0.15) is 5.26 Å². The molecule has 0 aliphatic heterocycles. The Kier molecular flexibility index (Phi) is 3.27. The van der Waals surface area contributed by atoms with Crippen LogP contribution < -0.4 is 0 Å². The van der Waals surface area contributed by atoms with E-state index in [2.05, 4.69) is 15.9 Å². The summed E-state index contributed by atoms with van der Waals surface area (Å²) in [6, 6.07) is 9.32. The maximum atomic E-state index is 9.05. The van der Waals surface area contributed by atoms with Crippen LogP contribution in [0.1, 0.15) is 5.56 Å². The molecule has 1 unspecified atom stereocenters. The van der Waals surface area contributed by atoms with Crippen LogP contribution in [0.3, 0.4) is 0 Å². The summed E-state index contributed by atoms with van der Waals surface area (Å²) < 4.78 is 0.930. The smallest absolute Gasteiger partial charge is 0.144 e. The van der Waals surface area contributed by atoms with Crippen LogP contribution >= 0.6 is 15.9 Å². The number of rotatable bonds is 2.